The Bertz CT molecular complexity index is 2730. The van der Waals surface area contributed by atoms with Gasteiger partial charge in [-0.1, -0.05) is 35.9 Å². The van der Waals surface area contributed by atoms with Crippen molar-refractivity contribution in [2.45, 2.75) is 52.1 Å². The molecule has 0 aliphatic carbocycles. The van der Waals surface area contributed by atoms with Crippen molar-refractivity contribution in [2.75, 3.05) is 50.2 Å². The van der Waals surface area contributed by atoms with Crippen LogP contribution in [0, 0.1) is 20.8 Å². The van der Waals surface area contributed by atoms with Gasteiger partial charge in [0.25, 0.3) is 11.5 Å². The quantitative estimate of drug-likeness (QED) is 0.0759. The highest BCUT2D eigenvalue weighted by Gasteiger charge is 2.33. The summed E-state index contributed by atoms with van der Waals surface area (Å²) in [6, 6.07) is 18.7. The normalized spacial score (nSPS) is 16.0. The van der Waals surface area contributed by atoms with Crippen LogP contribution in [0.25, 0.3) is 15.8 Å². The van der Waals surface area contributed by atoms with Crippen LogP contribution < -0.4 is 26.2 Å². The van der Waals surface area contributed by atoms with E-state index in [4.69, 9.17) is 30.8 Å². The lowest BCUT2D eigenvalue weighted by Crippen LogP contribution is -2.45. The first-order valence-electron chi connectivity index (χ1n) is 20.2. The van der Waals surface area contributed by atoms with E-state index in [2.05, 4.69) is 45.1 Å². The van der Waals surface area contributed by atoms with Crippen LogP contribution in [0.1, 0.15) is 64.6 Å². The molecule has 3 amide bonds. The SMILES string of the molecule is Cc1sc2c(c1C)C(c1ccc(Cl)cc1)=N[C@@H](CC(=O)Nc1ccc(OCCOCCOCCNc3cccc4cnn(C5CCC(=O)NC5=O)c(=O)c34)cc1)c1nnc(C)n1-2. The summed E-state index contributed by atoms with van der Waals surface area (Å²) >= 11 is 7.90. The topological polar surface area (TPSA) is 193 Å². The maximum absolute atomic E-state index is 13.5. The second kappa shape index (κ2) is 18.8. The van der Waals surface area contributed by atoms with Crippen molar-refractivity contribution in [3.8, 4) is 10.8 Å². The van der Waals surface area contributed by atoms with Crippen molar-refractivity contribution in [1.82, 2.24) is 29.9 Å². The van der Waals surface area contributed by atoms with Gasteiger partial charge in [0.05, 0.1) is 50.1 Å². The number of nitrogens with zero attached hydrogens (tertiary/aromatic N) is 6. The smallest absolute Gasteiger partial charge is 0.277 e. The molecule has 0 radical (unpaired) electrons. The molecule has 16 nitrogen and oxygen atoms in total. The second-order valence-electron chi connectivity index (χ2n) is 14.8. The minimum absolute atomic E-state index is 0.0522. The highest BCUT2D eigenvalue weighted by molar-refractivity contribution is 7.15. The third-order valence-corrected chi connectivity index (χ3v) is 12.1. The molecular weight excluding hydrogens is 834 g/mol. The number of carbonyl (C=O) groups is 3. The molecule has 2 aliphatic heterocycles. The van der Waals surface area contributed by atoms with Crippen molar-refractivity contribution in [3.63, 3.8) is 0 Å². The molecule has 1 fully saturated rings. The molecule has 8 rings (SSSR count). The number of aryl methyl sites for hydroxylation is 2. The van der Waals surface area contributed by atoms with Gasteiger partial charge in [0, 0.05) is 50.8 Å². The van der Waals surface area contributed by atoms with E-state index in [1.807, 2.05) is 41.8 Å². The number of fused-ring (bicyclic) bond motifs is 4. The summed E-state index contributed by atoms with van der Waals surface area (Å²) in [4.78, 5) is 57.2. The van der Waals surface area contributed by atoms with E-state index in [0.29, 0.717) is 78.3 Å². The number of aliphatic imine (C=N–C) groups is 1. The van der Waals surface area contributed by atoms with Crippen LogP contribution in [-0.4, -0.2) is 87.6 Å². The summed E-state index contributed by atoms with van der Waals surface area (Å²) < 4.78 is 20.4. The summed E-state index contributed by atoms with van der Waals surface area (Å²) in [5.74, 6) is 0.848. The van der Waals surface area contributed by atoms with E-state index >= 15 is 0 Å². The standard InChI is InChI=1S/C44H44ClN9O7S/c1-25-26(2)62-44-38(25)40(28-7-9-30(45)10-8-28)49-34(41-52-51-27(3)53(41)44)23-37(56)48-31-11-13-32(14-12-31)61-22-21-60-20-19-59-18-17-46-33-6-4-5-29-24-47-54(43(58)39(29)33)35-15-16-36(55)50-42(35)57/h4-14,24,34-35,46H,15-23H2,1-3H3,(H,48,56)(H,50,55,57)/t34-,35?/m0/s1. The number of rotatable bonds is 16. The highest BCUT2D eigenvalue weighted by atomic mass is 35.5. The maximum Gasteiger partial charge on any atom is 0.277 e. The summed E-state index contributed by atoms with van der Waals surface area (Å²) in [6.07, 6.45) is 1.96. The van der Waals surface area contributed by atoms with Crippen LogP contribution in [0.15, 0.2) is 82.7 Å². The highest BCUT2D eigenvalue weighted by Crippen LogP contribution is 2.40. The number of hydrogen-bond acceptors (Lipinski definition) is 13. The number of aromatic nitrogens is 5. The van der Waals surface area contributed by atoms with Crippen molar-refractivity contribution in [2.24, 2.45) is 4.99 Å². The Balaban J connectivity index is 0.777. The fourth-order valence-corrected chi connectivity index (χ4v) is 8.79. The zero-order valence-corrected chi connectivity index (χ0v) is 35.8. The van der Waals surface area contributed by atoms with Crippen LogP contribution in [0.4, 0.5) is 11.4 Å². The summed E-state index contributed by atoms with van der Waals surface area (Å²) in [5.41, 5.74) is 4.62. The number of benzene rings is 3. The van der Waals surface area contributed by atoms with E-state index in [-0.39, 0.29) is 31.1 Å². The van der Waals surface area contributed by atoms with Gasteiger partial charge in [-0.15, -0.1) is 21.5 Å². The first-order valence-corrected chi connectivity index (χ1v) is 21.4. The Morgan fingerprint density at radius 2 is 1.69 bits per heavy atom. The van der Waals surface area contributed by atoms with E-state index in [0.717, 1.165) is 37.9 Å². The fourth-order valence-electron chi connectivity index (χ4n) is 7.45. The lowest BCUT2D eigenvalue weighted by atomic mass is 9.99. The van der Waals surface area contributed by atoms with E-state index in [1.54, 1.807) is 53.9 Å². The van der Waals surface area contributed by atoms with E-state index in [9.17, 15) is 19.2 Å². The fraction of sp³-hybridized carbons (Fsp3) is 0.318. The molecule has 0 saturated carbocycles. The number of carbonyl (C=O) groups excluding carboxylic acids is 3. The van der Waals surface area contributed by atoms with Gasteiger partial charge in [0.2, 0.25) is 11.8 Å². The Kier molecular flexibility index (Phi) is 12.8. The van der Waals surface area contributed by atoms with Gasteiger partial charge in [-0.05, 0) is 75.2 Å². The predicted molar refractivity (Wildman–Crippen MR) is 236 cm³/mol. The molecule has 6 aromatic rings. The van der Waals surface area contributed by atoms with Crippen molar-refractivity contribution in [1.29, 1.82) is 0 Å². The summed E-state index contributed by atoms with van der Waals surface area (Å²) in [7, 11) is 0. The average Bonchev–Trinajstić information content (AvgIpc) is 3.74. The molecule has 0 spiro atoms. The first-order chi connectivity index (χ1) is 30.0. The number of halogens is 1. The molecule has 18 heteroatoms. The number of nitrogens with one attached hydrogen (secondary N) is 3. The van der Waals surface area contributed by atoms with Gasteiger partial charge in [-0.25, -0.2) is 4.68 Å². The Morgan fingerprint density at radius 3 is 2.47 bits per heavy atom. The minimum Gasteiger partial charge on any atom is -0.491 e. The van der Waals surface area contributed by atoms with Crippen LogP contribution in [0.2, 0.25) is 5.02 Å². The number of amides is 3. The van der Waals surface area contributed by atoms with E-state index in [1.165, 1.54) is 4.88 Å². The minimum atomic E-state index is -0.845. The van der Waals surface area contributed by atoms with Crippen LogP contribution in [-0.2, 0) is 23.9 Å². The lowest BCUT2D eigenvalue weighted by molar-refractivity contribution is -0.136. The molecule has 320 valence electrons. The predicted octanol–water partition coefficient (Wildman–Crippen LogP) is 6.04. The molecule has 2 atom stereocenters. The van der Waals surface area contributed by atoms with Gasteiger partial charge in [0.15, 0.2) is 5.82 Å². The summed E-state index contributed by atoms with van der Waals surface area (Å²) in [6.45, 7) is 8.26. The number of thiophene rings is 1. The van der Waals surface area contributed by atoms with Gasteiger partial charge in [0.1, 0.15) is 35.3 Å². The molecule has 1 saturated heterocycles. The van der Waals surface area contributed by atoms with Crippen molar-refractivity contribution in [3.05, 3.63) is 122 Å². The zero-order valence-electron chi connectivity index (χ0n) is 34.3. The molecule has 2 aliphatic rings. The number of hydrogen-bond donors (Lipinski definition) is 3. The molecule has 0 bridgehead atoms. The van der Waals surface area contributed by atoms with Crippen LogP contribution >= 0.6 is 22.9 Å². The maximum atomic E-state index is 13.5. The molecule has 3 N–H and O–H groups in total. The third kappa shape index (κ3) is 9.16. The molecule has 1 unspecified atom stereocenters. The lowest BCUT2D eigenvalue weighted by Gasteiger charge is -2.22. The number of imide groups is 1. The largest absolute Gasteiger partial charge is 0.491 e. The second-order valence-corrected chi connectivity index (χ2v) is 16.5. The van der Waals surface area contributed by atoms with Crippen molar-refractivity contribution >= 4 is 68.5 Å². The zero-order chi connectivity index (χ0) is 43.3. The Hall–Kier alpha value is -6.27. The van der Waals surface area contributed by atoms with Gasteiger partial charge in [-0.3, -0.25) is 34.1 Å². The Labute approximate surface area is 365 Å². The number of anilines is 2. The third-order valence-electron chi connectivity index (χ3n) is 10.6. The van der Waals surface area contributed by atoms with Gasteiger partial charge >= 0.3 is 0 Å². The molecule has 5 heterocycles. The number of piperidine rings is 1. The van der Waals surface area contributed by atoms with Crippen LogP contribution in [0.3, 0.4) is 0 Å². The molecule has 3 aromatic heterocycles. The van der Waals surface area contributed by atoms with Gasteiger partial charge in [-0.2, -0.15) is 5.10 Å². The van der Waals surface area contributed by atoms with Crippen molar-refractivity contribution < 1.29 is 28.6 Å². The number of ether oxygens (including phenoxy) is 3. The monoisotopic (exact) mass is 877 g/mol. The summed E-state index contributed by atoms with van der Waals surface area (Å²) in [5, 5.41) is 24.2. The van der Waals surface area contributed by atoms with Gasteiger partial charge < -0.3 is 24.8 Å². The van der Waals surface area contributed by atoms with E-state index < -0.39 is 23.6 Å². The first kappa shape index (κ1) is 42.4. The molecule has 3 aromatic carbocycles. The van der Waals surface area contributed by atoms with Crippen LogP contribution in [0.5, 0.6) is 5.75 Å². The average molecular weight is 878 g/mol. The molecular formula is C44H44ClN9O7S. The molecule has 62 heavy (non-hydrogen) atoms. The Morgan fingerprint density at radius 1 is 0.935 bits per heavy atom.